The van der Waals surface area contributed by atoms with E-state index in [1.165, 1.54) is 20.0 Å². The molecule has 0 radical (unpaired) electrons. The molecule has 1 aliphatic heterocycles. The molecule has 1 aliphatic rings. The maximum absolute atomic E-state index is 13.2. The van der Waals surface area contributed by atoms with E-state index >= 15 is 0 Å². The summed E-state index contributed by atoms with van der Waals surface area (Å²) < 4.78 is 10.9. The number of pyridine rings is 1. The number of hydrogen-bond acceptors (Lipinski definition) is 9. The molecule has 1 aromatic carbocycles. The van der Waals surface area contributed by atoms with Crippen LogP contribution < -0.4 is 16.0 Å². The molecule has 1 saturated heterocycles. The first-order valence-corrected chi connectivity index (χ1v) is 12.6. The maximum atomic E-state index is 13.2. The molecule has 0 saturated carbocycles. The zero-order chi connectivity index (χ0) is 28.7. The molecule has 1 aromatic heterocycles. The van der Waals surface area contributed by atoms with Gasteiger partial charge in [0.2, 0.25) is 5.91 Å². The zero-order valence-electron chi connectivity index (χ0n) is 22.2. The lowest BCUT2D eigenvalue weighted by Gasteiger charge is -2.26. The summed E-state index contributed by atoms with van der Waals surface area (Å²) in [6.45, 7) is 5.10. The molecule has 5 atom stereocenters. The van der Waals surface area contributed by atoms with Gasteiger partial charge < -0.3 is 35.5 Å². The lowest BCUT2D eigenvalue weighted by molar-refractivity contribution is -0.148. The van der Waals surface area contributed by atoms with Gasteiger partial charge >= 0.3 is 19.1 Å². The van der Waals surface area contributed by atoms with E-state index in [2.05, 4.69) is 20.9 Å². The molecule has 13 heteroatoms. The Labute approximate surface area is 226 Å². The summed E-state index contributed by atoms with van der Waals surface area (Å²) in [7, 11) is 0.106. The van der Waals surface area contributed by atoms with Crippen molar-refractivity contribution in [3.05, 3.63) is 54.2 Å². The first-order chi connectivity index (χ1) is 18.5. The van der Waals surface area contributed by atoms with Gasteiger partial charge in [0.25, 0.3) is 5.91 Å². The van der Waals surface area contributed by atoms with Crippen molar-refractivity contribution in [2.24, 2.45) is 5.92 Å². The van der Waals surface area contributed by atoms with Crippen LogP contribution in [0.15, 0.2) is 48.5 Å². The molecule has 2 heterocycles. The Balaban J connectivity index is 1.75. The number of benzene rings is 1. The largest absolute Gasteiger partial charge is 0.552 e. The van der Waals surface area contributed by atoms with Crippen LogP contribution in [0.25, 0.3) is 11.3 Å². The Hall–Kier alpha value is -3.81. The molecule has 12 nitrogen and oxygen atoms in total. The lowest BCUT2D eigenvalue weighted by atomic mass is 9.74. The van der Waals surface area contributed by atoms with Crippen molar-refractivity contribution >= 4 is 30.9 Å². The van der Waals surface area contributed by atoms with E-state index in [1.54, 1.807) is 12.1 Å². The van der Waals surface area contributed by atoms with E-state index in [9.17, 15) is 29.4 Å². The van der Waals surface area contributed by atoms with E-state index in [4.69, 9.17) is 9.31 Å². The number of carboxylic acid groups (broad SMARTS) is 1. The number of nitrogens with one attached hydrogen (secondary N) is 3. The molecular formula is C26H33BN4O8. The normalized spacial score (nSPS) is 18.2. The van der Waals surface area contributed by atoms with Crippen LogP contribution >= 0.6 is 0 Å². The van der Waals surface area contributed by atoms with Gasteiger partial charge in [-0.2, -0.15) is 0 Å². The third-order valence-electron chi connectivity index (χ3n) is 6.11. The van der Waals surface area contributed by atoms with Gasteiger partial charge in [0.15, 0.2) is 6.10 Å². The number of rotatable bonds is 12. The zero-order valence-corrected chi connectivity index (χ0v) is 22.2. The number of likely N-dealkylation sites (N-methyl/N-ethyl adjacent to an activating group) is 1. The number of carboxylic acids is 1. The van der Waals surface area contributed by atoms with Gasteiger partial charge in [0, 0.05) is 5.56 Å². The number of aliphatic hydroxyl groups excluding tert-OH is 1. The summed E-state index contributed by atoms with van der Waals surface area (Å²) in [5, 5.41) is 27.4. The van der Waals surface area contributed by atoms with Crippen molar-refractivity contribution in [3.8, 4) is 11.3 Å². The fourth-order valence-corrected chi connectivity index (χ4v) is 4.18. The summed E-state index contributed by atoms with van der Waals surface area (Å²) in [6, 6.07) is 11.4. The summed E-state index contributed by atoms with van der Waals surface area (Å²) in [5.74, 6) is -4.46. The highest BCUT2D eigenvalue weighted by Gasteiger charge is 2.50. The SMILES string of the molecule is CN[C@@H](C(=O)O)[C@H]1OB([C@H](CC(C)C)NC(=O)[C@@H](NC(=O)c2cccc(-c3ccccc3)n2)[C@@H](C)O)OC1=O. The molecule has 1 fully saturated rings. The minimum Gasteiger partial charge on any atom is -0.506 e. The third-order valence-corrected chi connectivity index (χ3v) is 6.11. The Morgan fingerprint density at radius 2 is 1.74 bits per heavy atom. The molecule has 5 N–H and O–H groups in total. The second-order valence-corrected chi connectivity index (χ2v) is 9.68. The predicted octanol–water partition coefficient (Wildman–Crippen LogP) is 0.401. The maximum Gasteiger partial charge on any atom is 0.552 e. The number of hydrogen-bond donors (Lipinski definition) is 5. The monoisotopic (exact) mass is 540 g/mol. The molecule has 0 spiro atoms. The Bertz CT molecular complexity index is 1180. The van der Waals surface area contributed by atoms with Crippen LogP contribution in [0.1, 0.15) is 37.7 Å². The van der Waals surface area contributed by atoms with E-state index < -0.39 is 61.1 Å². The summed E-state index contributed by atoms with van der Waals surface area (Å²) in [6.07, 6.45) is -2.40. The minimum atomic E-state index is -1.42. The topological polar surface area (TPSA) is 176 Å². The number of aromatic nitrogens is 1. The number of aliphatic carboxylic acids is 1. The van der Waals surface area contributed by atoms with Crippen molar-refractivity contribution in [1.82, 2.24) is 20.9 Å². The van der Waals surface area contributed by atoms with Crippen LogP contribution in [0, 0.1) is 5.92 Å². The Morgan fingerprint density at radius 1 is 1.05 bits per heavy atom. The first kappa shape index (κ1) is 29.7. The van der Waals surface area contributed by atoms with Crippen LogP contribution in [0.2, 0.25) is 0 Å². The van der Waals surface area contributed by atoms with Crippen molar-refractivity contribution in [3.63, 3.8) is 0 Å². The number of amides is 2. The van der Waals surface area contributed by atoms with Crippen molar-refractivity contribution in [2.45, 2.75) is 57.4 Å². The van der Waals surface area contributed by atoms with Crippen LogP contribution in [-0.2, 0) is 23.7 Å². The van der Waals surface area contributed by atoms with Gasteiger partial charge in [-0.25, -0.2) is 4.98 Å². The number of nitrogens with zero attached hydrogens (tertiary/aromatic N) is 1. The molecule has 0 aliphatic carbocycles. The summed E-state index contributed by atoms with van der Waals surface area (Å²) >= 11 is 0. The molecule has 39 heavy (non-hydrogen) atoms. The van der Waals surface area contributed by atoms with E-state index in [-0.39, 0.29) is 11.6 Å². The fraction of sp³-hybridized carbons (Fsp3) is 0.423. The Morgan fingerprint density at radius 3 is 2.33 bits per heavy atom. The highest BCUT2D eigenvalue weighted by atomic mass is 16.7. The average Bonchev–Trinajstić information content (AvgIpc) is 3.28. The van der Waals surface area contributed by atoms with Gasteiger partial charge in [0.1, 0.15) is 17.8 Å². The van der Waals surface area contributed by atoms with Gasteiger partial charge in [-0.05, 0) is 38.4 Å². The van der Waals surface area contributed by atoms with Gasteiger partial charge in [-0.3, -0.25) is 19.2 Å². The van der Waals surface area contributed by atoms with E-state index in [0.717, 1.165) is 5.56 Å². The molecular weight excluding hydrogens is 507 g/mol. The second kappa shape index (κ2) is 13.3. The number of carbonyl (C=O) groups excluding carboxylic acids is 3. The van der Waals surface area contributed by atoms with Gasteiger partial charge in [-0.15, -0.1) is 0 Å². The van der Waals surface area contributed by atoms with Crippen LogP contribution in [0.5, 0.6) is 0 Å². The summed E-state index contributed by atoms with van der Waals surface area (Å²) in [5.41, 5.74) is 1.42. The number of carbonyl (C=O) groups is 4. The third kappa shape index (κ3) is 7.62. The Kier molecular flexibility index (Phi) is 10.2. The van der Waals surface area contributed by atoms with Gasteiger partial charge in [0.05, 0.1) is 17.7 Å². The minimum absolute atomic E-state index is 0.0146. The summed E-state index contributed by atoms with van der Waals surface area (Å²) in [4.78, 5) is 54.5. The molecule has 3 rings (SSSR count). The van der Waals surface area contributed by atoms with Crippen LogP contribution in [0.3, 0.4) is 0 Å². The van der Waals surface area contributed by atoms with E-state index in [1.807, 2.05) is 44.2 Å². The van der Waals surface area contributed by atoms with Crippen molar-refractivity contribution in [2.75, 3.05) is 7.05 Å². The molecule has 0 unspecified atom stereocenters. The average molecular weight is 540 g/mol. The second-order valence-electron chi connectivity index (χ2n) is 9.68. The van der Waals surface area contributed by atoms with Gasteiger partial charge in [-0.1, -0.05) is 50.2 Å². The molecule has 2 amide bonds. The van der Waals surface area contributed by atoms with Crippen LogP contribution in [-0.4, -0.2) is 83.3 Å². The highest BCUT2D eigenvalue weighted by Crippen LogP contribution is 2.21. The highest BCUT2D eigenvalue weighted by molar-refractivity contribution is 6.51. The lowest BCUT2D eigenvalue weighted by Crippen LogP contribution is -2.58. The fourth-order valence-electron chi connectivity index (χ4n) is 4.18. The standard InChI is InChI=1S/C26H33BN4O8/c1-14(2)13-19(27-38-22(26(37)39-27)21(28-4)25(35)36)30-24(34)20(15(3)32)31-23(33)18-12-8-11-17(29-18)16-9-6-5-7-10-16/h5-12,14-15,19-22,28,32H,13H2,1-4H3,(H,30,34)(H,31,33)(H,35,36)/t15-,19+,20+,21-,22-/m1/s1. The smallest absolute Gasteiger partial charge is 0.506 e. The predicted molar refractivity (Wildman–Crippen MR) is 141 cm³/mol. The molecule has 0 bridgehead atoms. The number of aliphatic hydroxyl groups is 1. The van der Waals surface area contributed by atoms with E-state index in [0.29, 0.717) is 12.1 Å². The quantitative estimate of drug-likeness (QED) is 0.237. The molecule has 208 valence electrons. The first-order valence-electron chi connectivity index (χ1n) is 12.6. The van der Waals surface area contributed by atoms with Crippen molar-refractivity contribution in [1.29, 1.82) is 0 Å². The van der Waals surface area contributed by atoms with Crippen LogP contribution in [0.4, 0.5) is 0 Å². The molecule has 2 aromatic rings. The van der Waals surface area contributed by atoms with Crippen molar-refractivity contribution < 1.29 is 38.7 Å².